The van der Waals surface area contributed by atoms with Gasteiger partial charge in [0, 0.05) is 5.56 Å². The van der Waals surface area contributed by atoms with Gasteiger partial charge in [-0.2, -0.15) is 0 Å². The maximum Gasteiger partial charge on any atom is 0.333 e. The van der Waals surface area contributed by atoms with Crippen LogP contribution in [0.5, 0.6) is 11.5 Å². The number of carbonyl (C=O) groups is 2. The van der Waals surface area contributed by atoms with Crippen LogP contribution in [0.15, 0.2) is 109 Å². The van der Waals surface area contributed by atoms with E-state index < -0.39 is 17.9 Å². The van der Waals surface area contributed by atoms with Gasteiger partial charge in [-0.05, 0) is 47.0 Å². The van der Waals surface area contributed by atoms with Crippen LogP contribution in [0.1, 0.15) is 33.1 Å². The molecular formula is C30H27NO5. The summed E-state index contributed by atoms with van der Waals surface area (Å²) in [7, 11) is 1.29. The standard InChI is InChI=1S/C30H27NO5/c1-34-30(33)28(24-13-6-3-7-14-24)31-29(32)25-15-9-17-27(19-25)36-21-23-12-8-16-26(18-23)35-20-22-10-4-2-5-11-22/h2-19,28H,20-21H2,1H3,(H,31,32)/t28-/m0/s1. The Balaban J connectivity index is 1.38. The Hall–Kier alpha value is -4.58. The summed E-state index contributed by atoms with van der Waals surface area (Å²) >= 11 is 0. The van der Waals surface area contributed by atoms with Gasteiger partial charge in [-0.15, -0.1) is 0 Å². The van der Waals surface area contributed by atoms with E-state index in [-0.39, 0.29) is 0 Å². The van der Waals surface area contributed by atoms with E-state index in [9.17, 15) is 9.59 Å². The molecular weight excluding hydrogens is 454 g/mol. The van der Waals surface area contributed by atoms with Crippen LogP contribution in [0.3, 0.4) is 0 Å². The van der Waals surface area contributed by atoms with Crippen molar-refractivity contribution in [1.82, 2.24) is 5.32 Å². The van der Waals surface area contributed by atoms with Gasteiger partial charge in [-0.1, -0.05) is 78.9 Å². The van der Waals surface area contributed by atoms with Gasteiger partial charge >= 0.3 is 5.97 Å². The second-order valence-electron chi connectivity index (χ2n) is 8.08. The number of methoxy groups -OCH3 is 1. The van der Waals surface area contributed by atoms with Crippen LogP contribution in [0.4, 0.5) is 0 Å². The molecule has 1 amide bonds. The lowest BCUT2D eigenvalue weighted by molar-refractivity contribution is -0.143. The number of rotatable bonds is 10. The molecule has 4 aromatic carbocycles. The number of amides is 1. The van der Waals surface area contributed by atoms with E-state index in [2.05, 4.69) is 5.32 Å². The number of hydrogen-bond donors (Lipinski definition) is 1. The average molecular weight is 482 g/mol. The molecule has 0 aliphatic heterocycles. The van der Waals surface area contributed by atoms with Gasteiger partial charge in [0.1, 0.15) is 24.7 Å². The molecule has 1 atom stereocenters. The fraction of sp³-hybridized carbons (Fsp3) is 0.133. The SMILES string of the molecule is COC(=O)[C@@H](NC(=O)c1cccc(OCc2cccc(OCc3ccccc3)c2)c1)c1ccccc1. The molecule has 182 valence electrons. The molecule has 36 heavy (non-hydrogen) atoms. The second kappa shape index (κ2) is 12.2. The van der Waals surface area contributed by atoms with E-state index in [0.717, 1.165) is 16.9 Å². The summed E-state index contributed by atoms with van der Waals surface area (Å²) < 4.78 is 16.7. The van der Waals surface area contributed by atoms with Crippen molar-refractivity contribution in [3.05, 3.63) is 131 Å². The van der Waals surface area contributed by atoms with Gasteiger partial charge in [-0.3, -0.25) is 4.79 Å². The van der Waals surface area contributed by atoms with Gasteiger partial charge in [0.25, 0.3) is 5.91 Å². The third-order valence-electron chi connectivity index (χ3n) is 5.49. The third-order valence-corrected chi connectivity index (χ3v) is 5.49. The number of ether oxygens (including phenoxy) is 3. The van der Waals surface area contributed by atoms with Crippen LogP contribution < -0.4 is 14.8 Å². The number of nitrogens with one attached hydrogen (secondary N) is 1. The molecule has 0 spiro atoms. The molecule has 0 saturated heterocycles. The summed E-state index contributed by atoms with van der Waals surface area (Å²) in [5.74, 6) is 0.336. The highest BCUT2D eigenvalue weighted by molar-refractivity contribution is 5.97. The molecule has 0 saturated carbocycles. The van der Waals surface area contributed by atoms with E-state index in [0.29, 0.717) is 30.1 Å². The first-order valence-electron chi connectivity index (χ1n) is 11.5. The van der Waals surface area contributed by atoms with Crippen LogP contribution in [0.2, 0.25) is 0 Å². The molecule has 0 fully saturated rings. The number of esters is 1. The maximum absolute atomic E-state index is 12.9. The van der Waals surface area contributed by atoms with Crippen molar-refractivity contribution in [2.75, 3.05) is 7.11 Å². The van der Waals surface area contributed by atoms with Crippen molar-refractivity contribution in [2.24, 2.45) is 0 Å². The molecule has 6 nitrogen and oxygen atoms in total. The van der Waals surface area contributed by atoms with Crippen molar-refractivity contribution >= 4 is 11.9 Å². The first-order chi connectivity index (χ1) is 17.6. The molecule has 0 aromatic heterocycles. The quantitative estimate of drug-likeness (QED) is 0.303. The molecule has 0 radical (unpaired) electrons. The Kier molecular flexibility index (Phi) is 8.33. The summed E-state index contributed by atoms with van der Waals surface area (Å²) in [6, 6.07) is 32.5. The van der Waals surface area contributed by atoms with E-state index in [1.807, 2.05) is 60.7 Å². The lowest BCUT2D eigenvalue weighted by Gasteiger charge is -2.17. The Labute approximate surface area is 210 Å². The Morgan fingerprint density at radius 1 is 0.694 bits per heavy atom. The molecule has 0 unspecified atom stereocenters. The lowest BCUT2D eigenvalue weighted by Crippen LogP contribution is -2.34. The fourth-order valence-electron chi connectivity index (χ4n) is 3.62. The smallest absolute Gasteiger partial charge is 0.333 e. The zero-order valence-corrected chi connectivity index (χ0v) is 19.9. The van der Waals surface area contributed by atoms with Crippen LogP contribution >= 0.6 is 0 Å². The van der Waals surface area contributed by atoms with Crippen LogP contribution in [-0.4, -0.2) is 19.0 Å². The summed E-state index contributed by atoms with van der Waals surface area (Å²) in [6.07, 6.45) is 0. The van der Waals surface area contributed by atoms with E-state index in [4.69, 9.17) is 14.2 Å². The molecule has 6 heteroatoms. The fourth-order valence-corrected chi connectivity index (χ4v) is 3.62. The van der Waals surface area contributed by atoms with E-state index in [1.54, 1.807) is 48.5 Å². The zero-order valence-electron chi connectivity index (χ0n) is 19.9. The van der Waals surface area contributed by atoms with Crippen LogP contribution in [-0.2, 0) is 22.7 Å². The normalized spacial score (nSPS) is 11.2. The van der Waals surface area contributed by atoms with Crippen LogP contribution in [0.25, 0.3) is 0 Å². The highest BCUT2D eigenvalue weighted by atomic mass is 16.5. The largest absolute Gasteiger partial charge is 0.489 e. The summed E-state index contributed by atoms with van der Waals surface area (Å²) in [5.41, 5.74) is 3.04. The van der Waals surface area contributed by atoms with Gasteiger partial charge in [-0.25, -0.2) is 4.79 Å². The summed E-state index contributed by atoms with van der Waals surface area (Å²) in [4.78, 5) is 25.2. The molecule has 0 heterocycles. The predicted molar refractivity (Wildman–Crippen MR) is 137 cm³/mol. The van der Waals surface area contributed by atoms with Crippen molar-refractivity contribution < 1.29 is 23.8 Å². The Morgan fingerprint density at radius 3 is 1.97 bits per heavy atom. The van der Waals surface area contributed by atoms with Gasteiger partial charge in [0.2, 0.25) is 0 Å². The lowest BCUT2D eigenvalue weighted by atomic mass is 10.1. The van der Waals surface area contributed by atoms with Gasteiger partial charge < -0.3 is 19.5 Å². The Bertz CT molecular complexity index is 1290. The summed E-state index contributed by atoms with van der Waals surface area (Å²) in [6.45, 7) is 0.792. The van der Waals surface area contributed by atoms with Gasteiger partial charge in [0.15, 0.2) is 6.04 Å². The first-order valence-corrected chi connectivity index (χ1v) is 11.5. The predicted octanol–water partition coefficient (Wildman–Crippen LogP) is 5.49. The third kappa shape index (κ3) is 6.73. The van der Waals surface area contributed by atoms with Crippen molar-refractivity contribution in [3.63, 3.8) is 0 Å². The summed E-state index contributed by atoms with van der Waals surface area (Å²) in [5, 5.41) is 2.75. The average Bonchev–Trinajstić information content (AvgIpc) is 2.94. The Morgan fingerprint density at radius 2 is 1.28 bits per heavy atom. The highest BCUT2D eigenvalue weighted by Crippen LogP contribution is 2.20. The molecule has 0 bridgehead atoms. The topological polar surface area (TPSA) is 73.9 Å². The van der Waals surface area contributed by atoms with Crippen molar-refractivity contribution in [2.45, 2.75) is 19.3 Å². The molecule has 0 aliphatic carbocycles. The minimum Gasteiger partial charge on any atom is -0.489 e. The van der Waals surface area contributed by atoms with Gasteiger partial charge in [0.05, 0.1) is 7.11 Å². The van der Waals surface area contributed by atoms with Crippen LogP contribution in [0, 0.1) is 0 Å². The monoisotopic (exact) mass is 481 g/mol. The van der Waals surface area contributed by atoms with E-state index >= 15 is 0 Å². The number of carbonyl (C=O) groups excluding carboxylic acids is 2. The second-order valence-corrected chi connectivity index (χ2v) is 8.08. The molecule has 0 aliphatic rings. The number of hydrogen-bond acceptors (Lipinski definition) is 5. The number of benzene rings is 4. The molecule has 4 rings (SSSR count). The molecule has 4 aromatic rings. The van der Waals surface area contributed by atoms with Crippen molar-refractivity contribution in [3.8, 4) is 11.5 Å². The van der Waals surface area contributed by atoms with Crippen molar-refractivity contribution in [1.29, 1.82) is 0 Å². The maximum atomic E-state index is 12.9. The minimum atomic E-state index is -0.910. The minimum absolute atomic E-state index is 0.308. The molecule has 1 N–H and O–H groups in total. The first kappa shape index (κ1) is 24.5. The highest BCUT2D eigenvalue weighted by Gasteiger charge is 2.24. The van der Waals surface area contributed by atoms with E-state index in [1.165, 1.54) is 7.11 Å². The zero-order chi connectivity index (χ0) is 25.2.